The summed E-state index contributed by atoms with van der Waals surface area (Å²) < 4.78 is 2.16. The van der Waals surface area contributed by atoms with Crippen LogP contribution in [0.2, 0.25) is 0 Å². The van der Waals surface area contributed by atoms with Gasteiger partial charge >= 0.3 is 0 Å². The third-order valence-electron chi connectivity index (χ3n) is 2.95. The van der Waals surface area contributed by atoms with E-state index in [2.05, 4.69) is 91.3 Å². The van der Waals surface area contributed by atoms with Crippen molar-refractivity contribution in [3.8, 4) is 0 Å². The molecule has 0 amide bonds. The molecule has 18 heavy (non-hydrogen) atoms. The van der Waals surface area contributed by atoms with Gasteiger partial charge in [-0.3, -0.25) is 4.48 Å². The van der Waals surface area contributed by atoms with E-state index in [0.29, 0.717) is 0 Å². The normalized spacial score (nSPS) is 10.8. The molecule has 0 saturated carbocycles. The van der Waals surface area contributed by atoms with Crippen LogP contribution < -0.4 is 21.5 Å². The maximum Gasteiger partial charge on any atom is 0.132 e. The standard InChI is InChI=1S/C15H17IN.BrH/c1-17(2,12-13-6-4-3-5-7-13)15-10-8-14(16)9-11-15;/h3-11H,12H2,1-2H3;1H/q+1;/p-1. The molecular weight excluding hydrogens is 401 g/mol. The van der Waals surface area contributed by atoms with Crippen LogP contribution in [0, 0.1) is 3.57 Å². The Morgan fingerprint density at radius 1 is 0.889 bits per heavy atom. The van der Waals surface area contributed by atoms with Crippen LogP contribution in [0.15, 0.2) is 54.6 Å². The fourth-order valence-electron chi connectivity index (χ4n) is 1.98. The summed E-state index contributed by atoms with van der Waals surface area (Å²) in [7, 11) is 4.49. The van der Waals surface area contributed by atoms with Gasteiger partial charge in [-0.1, -0.05) is 30.3 Å². The molecular formula is C15H17BrIN. The van der Waals surface area contributed by atoms with Crippen LogP contribution in [0.25, 0.3) is 0 Å². The zero-order chi connectivity index (χ0) is 12.3. The summed E-state index contributed by atoms with van der Waals surface area (Å²) in [5, 5.41) is 0. The highest BCUT2D eigenvalue weighted by molar-refractivity contribution is 14.1. The van der Waals surface area contributed by atoms with Gasteiger partial charge in [-0.05, 0) is 34.7 Å². The van der Waals surface area contributed by atoms with E-state index >= 15 is 0 Å². The molecule has 0 spiro atoms. The predicted molar refractivity (Wildman–Crippen MR) is 82.9 cm³/mol. The molecule has 0 fully saturated rings. The van der Waals surface area contributed by atoms with Crippen LogP contribution in [0.1, 0.15) is 5.56 Å². The van der Waals surface area contributed by atoms with Crippen LogP contribution in [0.3, 0.4) is 0 Å². The Morgan fingerprint density at radius 2 is 1.44 bits per heavy atom. The molecule has 0 radical (unpaired) electrons. The Labute approximate surface area is 133 Å². The topological polar surface area (TPSA) is 0 Å². The highest BCUT2D eigenvalue weighted by Crippen LogP contribution is 2.22. The molecule has 0 N–H and O–H groups in total. The lowest BCUT2D eigenvalue weighted by atomic mass is 10.2. The zero-order valence-electron chi connectivity index (χ0n) is 10.6. The van der Waals surface area contributed by atoms with Gasteiger partial charge in [0.1, 0.15) is 12.2 Å². The van der Waals surface area contributed by atoms with Gasteiger partial charge in [-0.25, -0.2) is 0 Å². The first-order chi connectivity index (χ1) is 8.08. The second-order valence-corrected chi connectivity index (χ2v) is 6.05. The maximum absolute atomic E-state index is 2.34. The van der Waals surface area contributed by atoms with Crippen molar-refractivity contribution in [1.82, 2.24) is 4.48 Å². The summed E-state index contributed by atoms with van der Waals surface area (Å²) in [4.78, 5) is 0. The molecule has 2 aromatic carbocycles. The molecule has 0 aliphatic carbocycles. The first kappa shape index (κ1) is 15.7. The Bertz CT molecular complexity index is 480. The van der Waals surface area contributed by atoms with E-state index in [9.17, 15) is 0 Å². The molecule has 0 aliphatic rings. The Balaban J connectivity index is 0.00000162. The van der Waals surface area contributed by atoms with Gasteiger partial charge in [0.15, 0.2) is 0 Å². The smallest absolute Gasteiger partial charge is 0.132 e. The average molecular weight is 418 g/mol. The van der Waals surface area contributed by atoms with E-state index in [1.54, 1.807) is 0 Å². The number of nitrogens with zero attached hydrogens (tertiary/aromatic N) is 1. The lowest BCUT2D eigenvalue weighted by molar-refractivity contribution is -0.00000355. The number of quaternary nitrogens is 1. The minimum absolute atomic E-state index is 0. The molecule has 0 heterocycles. The first-order valence-electron chi connectivity index (χ1n) is 5.71. The summed E-state index contributed by atoms with van der Waals surface area (Å²) in [5.41, 5.74) is 2.71. The molecule has 96 valence electrons. The minimum Gasteiger partial charge on any atom is -1.00 e. The fraction of sp³-hybridized carbons (Fsp3) is 0.200. The third-order valence-corrected chi connectivity index (χ3v) is 3.67. The number of halogens is 2. The lowest BCUT2D eigenvalue weighted by Gasteiger charge is -2.29. The summed E-state index contributed by atoms with van der Waals surface area (Å²) >= 11 is 2.34. The van der Waals surface area contributed by atoms with E-state index in [1.807, 2.05) is 0 Å². The molecule has 0 unspecified atom stereocenters. The van der Waals surface area contributed by atoms with Crippen molar-refractivity contribution in [2.24, 2.45) is 0 Å². The second-order valence-electron chi connectivity index (χ2n) is 4.81. The molecule has 0 aromatic heterocycles. The Morgan fingerprint density at radius 3 is 2.00 bits per heavy atom. The number of benzene rings is 2. The first-order valence-corrected chi connectivity index (χ1v) is 6.79. The monoisotopic (exact) mass is 417 g/mol. The van der Waals surface area contributed by atoms with Crippen molar-refractivity contribution in [2.75, 3.05) is 14.1 Å². The van der Waals surface area contributed by atoms with Crippen LogP contribution >= 0.6 is 22.6 Å². The van der Waals surface area contributed by atoms with Gasteiger partial charge in [0.2, 0.25) is 0 Å². The van der Waals surface area contributed by atoms with Crippen molar-refractivity contribution >= 4 is 28.3 Å². The second kappa shape index (κ2) is 6.68. The molecule has 0 bridgehead atoms. The zero-order valence-corrected chi connectivity index (χ0v) is 14.3. The largest absolute Gasteiger partial charge is 1.00 e. The Hall–Kier alpha value is -0.390. The summed E-state index contributed by atoms with van der Waals surface area (Å²) in [6.45, 7) is 1.02. The van der Waals surface area contributed by atoms with Crippen LogP contribution in [-0.2, 0) is 6.54 Å². The Kier molecular flexibility index (Phi) is 5.82. The highest BCUT2D eigenvalue weighted by Gasteiger charge is 2.18. The highest BCUT2D eigenvalue weighted by atomic mass is 127. The summed E-state index contributed by atoms with van der Waals surface area (Å²) in [6.07, 6.45) is 0. The minimum atomic E-state index is 0. The molecule has 3 heteroatoms. The molecule has 0 saturated heterocycles. The predicted octanol–water partition coefficient (Wildman–Crippen LogP) is 1.06. The third kappa shape index (κ3) is 4.07. The van der Waals surface area contributed by atoms with Crippen LogP contribution in [0.4, 0.5) is 5.69 Å². The van der Waals surface area contributed by atoms with Gasteiger partial charge in [-0.2, -0.15) is 0 Å². The summed E-state index contributed by atoms with van der Waals surface area (Å²) in [6, 6.07) is 19.4. The number of hydrogen-bond acceptors (Lipinski definition) is 0. The van der Waals surface area contributed by atoms with Gasteiger partial charge in [0.05, 0.1) is 14.1 Å². The van der Waals surface area contributed by atoms with Crippen molar-refractivity contribution in [3.05, 3.63) is 63.7 Å². The molecule has 0 atom stereocenters. The maximum atomic E-state index is 2.34. The summed E-state index contributed by atoms with van der Waals surface area (Å²) in [5.74, 6) is 0. The van der Waals surface area contributed by atoms with E-state index < -0.39 is 0 Å². The van der Waals surface area contributed by atoms with Gasteiger partial charge < -0.3 is 17.0 Å². The molecule has 1 nitrogen and oxygen atoms in total. The van der Waals surface area contributed by atoms with Crippen molar-refractivity contribution < 1.29 is 17.0 Å². The average Bonchev–Trinajstić information content (AvgIpc) is 2.30. The van der Waals surface area contributed by atoms with Crippen molar-refractivity contribution in [3.63, 3.8) is 0 Å². The van der Waals surface area contributed by atoms with E-state index in [0.717, 1.165) is 11.0 Å². The van der Waals surface area contributed by atoms with Crippen molar-refractivity contribution in [2.45, 2.75) is 6.54 Å². The molecule has 0 aliphatic heterocycles. The quantitative estimate of drug-likeness (QED) is 0.517. The molecule has 2 rings (SSSR count). The van der Waals surface area contributed by atoms with Gasteiger partial charge in [-0.15, -0.1) is 0 Å². The number of rotatable bonds is 3. The van der Waals surface area contributed by atoms with E-state index in [-0.39, 0.29) is 17.0 Å². The lowest BCUT2D eigenvalue weighted by Crippen LogP contribution is -3.00. The van der Waals surface area contributed by atoms with E-state index in [1.165, 1.54) is 14.8 Å². The fourth-order valence-corrected chi connectivity index (χ4v) is 2.34. The SMILES string of the molecule is C[N+](C)(Cc1ccccc1)c1ccc(I)cc1.[Br-]. The number of hydrogen-bond donors (Lipinski definition) is 0. The van der Waals surface area contributed by atoms with Gasteiger partial charge in [0, 0.05) is 21.3 Å². The molecule has 2 aromatic rings. The van der Waals surface area contributed by atoms with Crippen molar-refractivity contribution in [1.29, 1.82) is 0 Å². The van der Waals surface area contributed by atoms with Gasteiger partial charge in [0.25, 0.3) is 0 Å². The van der Waals surface area contributed by atoms with Crippen LogP contribution in [-0.4, -0.2) is 14.1 Å². The van der Waals surface area contributed by atoms with Crippen LogP contribution in [0.5, 0.6) is 0 Å². The van der Waals surface area contributed by atoms with E-state index in [4.69, 9.17) is 0 Å².